The summed E-state index contributed by atoms with van der Waals surface area (Å²) < 4.78 is 14.4. The highest BCUT2D eigenvalue weighted by Crippen LogP contribution is 2.31. The van der Waals surface area contributed by atoms with E-state index >= 15 is 0 Å². The van der Waals surface area contributed by atoms with Crippen molar-refractivity contribution in [3.8, 4) is 6.07 Å². The number of benzene rings is 2. The molecule has 0 aromatic heterocycles. The fourth-order valence-corrected chi connectivity index (χ4v) is 3.76. The second-order valence-electron chi connectivity index (χ2n) is 6.39. The monoisotopic (exact) mass is 405 g/mol. The number of anilines is 1. The molecule has 1 heterocycles. The molecule has 3 rings (SSSR count). The molecule has 0 unspecified atom stereocenters. The molecule has 1 atom stereocenters. The zero-order valence-electron chi connectivity index (χ0n) is 14.8. The lowest BCUT2D eigenvalue weighted by Gasteiger charge is -2.31. The van der Waals surface area contributed by atoms with Crippen LogP contribution >= 0.6 is 23.2 Å². The van der Waals surface area contributed by atoms with Gasteiger partial charge in [-0.1, -0.05) is 29.3 Å². The van der Waals surface area contributed by atoms with Crippen molar-refractivity contribution in [2.75, 3.05) is 18.0 Å². The summed E-state index contributed by atoms with van der Waals surface area (Å²) in [7, 11) is 0. The first-order chi connectivity index (χ1) is 12.9. The van der Waals surface area contributed by atoms with Gasteiger partial charge in [0.1, 0.15) is 11.9 Å². The van der Waals surface area contributed by atoms with Gasteiger partial charge in [-0.05, 0) is 37.3 Å². The summed E-state index contributed by atoms with van der Waals surface area (Å²) in [5.74, 6) is -0.337. The molecule has 0 aliphatic carbocycles. The normalized spacial score (nSPS) is 16.5. The maximum Gasteiger partial charge on any atom is 0.224 e. The van der Waals surface area contributed by atoms with Gasteiger partial charge in [-0.25, -0.2) is 4.39 Å². The zero-order valence-corrected chi connectivity index (χ0v) is 16.3. The van der Waals surface area contributed by atoms with Crippen molar-refractivity contribution >= 4 is 34.8 Å². The lowest BCUT2D eigenvalue weighted by Crippen LogP contribution is -2.37. The molecule has 1 amide bonds. The van der Waals surface area contributed by atoms with Crippen molar-refractivity contribution < 1.29 is 9.18 Å². The van der Waals surface area contributed by atoms with E-state index in [9.17, 15) is 9.18 Å². The van der Waals surface area contributed by atoms with Crippen molar-refractivity contribution in [1.29, 1.82) is 5.26 Å². The molecule has 4 nitrogen and oxygen atoms in total. The fraction of sp³-hybridized carbons (Fsp3) is 0.300. The predicted molar refractivity (Wildman–Crippen MR) is 104 cm³/mol. The number of carbonyl (C=O) groups excluding carboxylic acids is 1. The van der Waals surface area contributed by atoms with Gasteiger partial charge in [0.05, 0.1) is 16.6 Å². The van der Waals surface area contributed by atoms with Crippen LogP contribution in [0, 0.1) is 17.1 Å². The largest absolute Gasteiger partial charge is 0.362 e. The Bertz CT molecular complexity index is 892. The first-order valence-electron chi connectivity index (χ1n) is 8.61. The highest BCUT2D eigenvalue weighted by molar-refractivity contribution is 6.32. The maximum absolute atomic E-state index is 14.4. The molecule has 1 aliphatic rings. The molecule has 0 spiro atoms. The van der Waals surface area contributed by atoms with Crippen LogP contribution in [-0.2, 0) is 11.3 Å². The summed E-state index contributed by atoms with van der Waals surface area (Å²) >= 11 is 12.4. The van der Waals surface area contributed by atoms with Gasteiger partial charge in [0.2, 0.25) is 5.91 Å². The van der Waals surface area contributed by atoms with Crippen LogP contribution in [0.4, 0.5) is 10.1 Å². The second-order valence-corrected chi connectivity index (χ2v) is 7.21. The van der Waals surface area contributed by atoms with E-state index in [-0.39, 0.29) is 18.5 Å². The summed E-state index contributed by atoms with van der Waals surface area (Å²) in [5.41, 5.74) is 1.44. The molecule has 0 bridgehead atoms. The maximum atomic E-state index is 14.4. The van der Waals surface area contributed by atoms with Crippen molar-refractivity contribution in [2.45, 2.75) is 25.9 Å². The third-order valence-corrected chi connectivity index (χ3v) is 5.48. The van der Waals surface area contributed by atoms with Gasteiger partial charge in [-0.15, -0.1) is 0 Å². The molecular weight excluding hydrogens is 388 g/mol. The van der Waals surface area contributed by atoms with E-state index in [4.69, 9.17) is 28.5 Å². The number of likely N-dealkylation sites (N-methyl/N-ethyl adjacent to an activating group) is 1. The van der Waals surface area contributed by atoms with Gasteiger partial charge in [0.15, 0.2) is 0 Å². The zero-order chi connectivity index (χ0) is 19.6. The highest BCUT2D eigenvalue weighted by atomic mass is 35.5. The average molecular weight is 406 g/mol. The third-order valence-electron chi connectivity index (χ3n) is 4.81. The molecular formula is C20H18Cl2FN3O. The molecule has 2 aromatic rings. The van der Waals surface area contributed by atoms with Gasteiger partial charge in [0.25, 0.3) is 0 Å². The summed E-state index contributed by atoms with van der Waals surface area (Å²) in [5, 5.41) is 9.75. The van der Waals surface area contributed by atoms with Crippen LogP contribution in [0.5, 0.6) is 0 Å². The van der Waals surface area contributed by atoms with E-state index in [1.165, 1.54) is 6.07 Å². The van der Waals surface area contributed by atoms with E-state index in [1.54, 1.807) is 35.2 Å². The summed E-state index contributed by atoms with van der Waals surface area (Å²) in [4.78, 5) is 15.9. The topological polar surface area (TPSA) is 47.3 Å². The Morgan fingerprint density at radius 1 is 1.30 bits per heavy atom. The lowest BCUT2D eigenvalue weighted by atomic mass is 10.1. The van der Waals surface area contributed by atoms with Gasteiger partial charge in [0, 0.05) is 42.3 Å². The average Bonchev–Trinajstić information content (AvgIpc) is 3.02. The quantitative estimate of drug-likeness (QED) is 0.728. The number of amides is 1. The molecule has 140 valence electrons. The van der Waals surface area contributed by atoms with Crippen LogP contribution in [0.15, 0.2) is 36.4 Å². The van der Waals surface area contributed by atoms with Crippen LogP contribution < -0.4 is 4.90 Å². The lowest BCUT2D eigenvalue weighted by molar-refractivity contribution is -0.127. The fourth-order valence-electron chi connectivity index (χ4n) is 3.32. The van der Waals surface area contributed by atoms with Crippen LogP contribution in [0.2, 0.25) is 10.0 Å². The van der Waals surface area contributed by atoms with Crippen molar-refractivity contribution in [2.24, 2.45) is 0 Å². The van der Waals surface area contributed by atoms with E-state index in [1.807, 2.05) is 17.9 Å². The Hall–Kier alpha value is -2.29. The highest BCUT2D eigenvalue weighted by Gasteiger charge is 2.33. The van der Waals surface area contributed by atoms with Gasteiger partial charge >= 0.3 is 0 Å². The minimum absolute atomic E-state index is 0.0619. The minimum Gasteiger partial charge on any atom is -0.362 e. The first kappa shape index (κ1) is 19.5. The number of carbonyl (C=O) groups is 1. The van der Waals surface area contributed by atoms with Crippen molar-refractivity contribution in [3.05, 3.63) is 63.4 Å². The first-order valence-corrected chi connectivity index (χ1v) is 9.37. The van der Waals surface area contributed by atoms with Crippen LogP contribution in [0.25, 0.3) is 0 Å². The number of halogens is 3. The van der Waals surface area contributed by atoms with E-state index in [0.717, 1.165) is 0 Å². The smallest absolute Gasteiger partial charge is 0.224 e. The number of nitriles is 1. The number of nitrogens with zero attached hydrogens (tertiary/aromatic N) is 3. The standard InChI is InChI=1S/C20H18Cl2FN3O/c1-2-25-11-15(9-20(25)27)26(12-16-17(21)4-3-5-19(16)23)14-7-6-13(10-24)18(22)8-14/h3-8,15H,2,9,11-12H2,1H3/t15-/m0/s1. The van der Waals surface area contributed by atoms with Crippen molar-refractivity contribution in [1.82, 2.24) is 4.90 Å². The number of hydrogen-bond donors (Lipinski definition) is 0. The number of rotatable bonds is 5. The van der Waals surface area contributed by atoms with Gasteiger partial charge < -0.3 is 9.80 Å². The van der Waals surface area contributed by atoms with Gasteiger partial charge in [-0.2, -0.15) is 5.26 Å². The van der Waals surface area contributed by atoms with Crippen LogP contribution in [-0.4, -0.2) is 29.9 Å². The Morgan fingerprint density at radius 3 is 2.67 bits per heavy atom. The van der Waals surface area contributed by atoms with Crippen LogP contribution in [0.1, 0.15) is 24.5 Å². The molecule has 1 aliphatic heterocycles. The SMILES string of the molecule is CCN1C[C@@H](N(Cc2c(F)cccc2Cl)c2ccc(C#N)c(Cl)c2)CC1=O. The van der Waals surface area contributed by atoms with Crippen LogP contribution in [0.3, 0.4) is 0 Å². The summed E-state index contributed by atoms with van der Waals surface area (Å²) in [6.07, 6.45) is 0.331. The Morgan fingerprint density at radius 2 is 2.07 bits per heavy atom. The summed E-state index contributed by atoms with van der Waals surface area (Å²) in [6, 6.07) is 11.5. The third kappa shape index (κ3) is 4.02. The minimum atomic E-state index is -0.399. The molecule has 0 saturated carbocycles. The molecule has 0 radical (unpaired) electrons. The molecule has 2 aromatic carbocycles. The van der Waals surface area contributed by atoms with E-state index in [0.29, 0.717) is 46.4 Å². The second kappa shape index (κ2) is 8.16. The molecule has 1 fully saturated rings. The van der Waals surface area contributed by atoms with E-state index in [2.05, 4.69) is 0 Å². The number of hydrogen-bond acceptors (Lipinski definition) is 3. The molecule has 0 N–H and O–H groups in total. The molecule has 1 saturated heterocycles. The Balaban J connectivity index is 2.00. The Labute approximate surface area is 167 Å². The molecule has 27 heavy (non-hydrogen) atoms. The van der Waals surface area contributed by atoms with E-state index < -0.39 is 5.82 Å². The predicted octanol–water partition coefficient (Wildman–Crippen LogP) is 4.63. The number of likely N-dealkylation sites (tertiary alicyclic amines) is 1. The Kier molecular flexibility index (Phi) is 5.88. The summed E-state index contributed by atoms with van der Waals surface area (Å²) in [6.45, 7) is 3.29. The van der Waals surface area contributed by atoms with Crippen molar-refractivity contribution in [3.63, 3.8) is 0 Å². The molecule has 7 heteroatoms. The van der Waals surface area contributed by atoms with Gasteiger partial charge in [-0.3, -0.25) is 4.79 Å².